The van der Waals surface area contributed by atoms with E-state index in [0.29, 0.717) is 34.4 Å². The molecular weight excluding hydrogens is 335 g/mol. The minimum Gasteiger partial charge on any atom is -0.491 e. The molecule has 4 nitrogen and oxygen atoms in total. The number of hydrogen-bond donors (Lipinski definition) is 3. The second-order valence-electron chi connectivity index (χ2n) is 5.17. The average molecular weight is 355 g/mol. The van der Waals surface area contributed by atoms with Crippen LogP contribution >= 0.6 is 23.2 Å². The van der Waals surface area contributed by atoms with Gasteiger partial charge in [-0.05, 0) is 30.7 Å². The Labute approximate surface area is 146 Å². The van der Waals surface area contributed by atoms with Gasteiger partial charge in [-0.2, -0.15) is 0 Å². The lowest BCUT2D eigenvalue weighted by atomic mass is 10.1. The minimum atomic E-state index is -0.751. The molecule has 0 amide bonds. The molecule has 23 heavy (non-hydrogen) atoms. The fourth-order valence-electron chi connectivity index (χ4n) is 2.04. The fraction of sp³-hybridized carbons (Fsp3) is 0.294. The van der Waals surface area contributed by atoms with Crippen LogP contribution in [0, 0.1) is 0 Å². The molecule has 0 saturated heterocycles. The number of halogens is 2. The van der Waals surface area contributed by atoms with E-state index in [1.807, 2.05) is 30.3 Å². The summed E-state index contributed by atoms with van der Waals surface area (Å²) in [6, 6.07) is 14.2. The van der Waals surface area contributed by atoms with E-state index in [9.17, 15) is 5.11 Å². The van der Waals surface area contributed by atoms with Crippen molar-refractivity contribution < 1.29 is 9.84 Å². The highest BCUT2D eigenvalue weighted by atomic mass is 35.5. The van der Waals surface area contributed by atoms with Gasteiger partial charge >= 0.3 is 0 Å². The molecule has 6 heteroatoms. The zero-order valence-corrected chi connectivity index (χ0v) is 14.1. The Bertz CT molecular complexity index is 591. The van der Waals surface area contributed by atoms with Crippen molar-refractivity contribution in [3.8, 4) is 5.75 Å². The summed E-state index contributed by atoms with van der Waals surface area (Å²) in [4.78, 5) is 0. The number of nitrogens with one attached hydrogen (secondary N) is 1. The molecule has 0 aliphatic rings. The predicted molar refractivity (Wildman–Crippen MR) is 95.5 cm³/mol. The topological polar surface area (TPSA) is 67.5 Å². The third-order valence-corrected chi connectivity index (χ3v) is 4.03. The summed E-state index contributed by atoms with van der Waals surface area (Å²) in [6.45, 7) is 0.699. The summed E-state index contributed by atoms with van der Waals surface area (Å²) in [7, 11) is 0. The van der Waals surface area contributed by atoms with E-state index in [0.717, 1.165) is 0 Å². The van der Waals surface area contributed by atoms with Gasteiger partial charge in [0.2, 0.25) is 0 Å². The zero-order valence-electron chi connectivity index (χ0n) is 12.6. The van der Waals surface area contributed by atoms with Gasteiger partial charge in [0.15, 0.2) is 0 Å². The second kappa shape index (κ2) is 8.99. The van der Waals surface area contributed by atoms with Gasteiger partial charge in [-0.15, -0.1) is 0 Å². The number of rotatable bonds is 8. The lowest BCUT2D eigenvalue weighted by molar-refractivity contribution is 0.0836. The lowest BCUT2D eigenvalue weighted by Gasteiger charge is -2.20. The number of aliphatic hydroxyl groups is 1. The molecule has 2 unspecified atom stereocenters. The van der Waals surface area contributed by atoms with Crippen LogP contribution in [-0.2, 0) is 0 Å². The van der Waals surface area contributed by atoms with Crippen molar-refractivity contribution in [3.63, 3.8) is 0 Å². The standard InChI is InChI=1S/C17H20Cl2N2O2/c18-13-7-4-8-14(19)17(13)21-10-9-15(20)16(22)11-23-12-5-2-1-3-6-12/h1-8,15-16,21-22H,9-11,20H2. The van der Waals surface area contributed by atoms with Crippen LogP contribution in [0.4, 0.5) is 5.69 Å². The largest absolute Gasteiger partial charge is 0.491 e. The maximum Gasteiger partial charge on any atom is 0.119 e. The highest BCUT2D eigenvalue weighted by Crippen LogP contribution is 2.29. The highest BCUT2D eigenvalue weighted by Gasteiger charge is 2.15. The van der Waals surface area contributed by atoms with Crippen molar-refractivity contribution in [2.24, 2.45) is 5.73 Å². The Kier molecular flexibility index (Phi) is 6.99. The molecule has 2 aromatic carbocycles. The molecule has 0 aromatic heterocycles. The van der Waals surface area contributed by atoms with Crippen molar-refractivity contribution >= 4 is 28.9 Å². The molecule has 0 spiro atoms. The molecule has 4 N–H and O–H groups in total. The summed E-state index contributed by atoms with van der Waals surface area (Å²) in [5, 5.41) is 14.3. The summed E-state index contributed by atoms with van der Waals surface area (Å²) >= 11 is 12.2. The molecule has 0 aliphatic heterocycles. The Morgan fingerprint density at radius 3 is 2.35 bits per heavy atom. The van der Waals surface area contributed by atoms with Crippen LogP contribution in [0.5, 0.6) is 5.75 Å². The molecule has 0 saturated carbocycles. The van der Waals surface area contributed by atoms with Gasteiger partial charge in [-0.3, -0.25) is 0 Å². The van der Waals surface area contributed by atoms with Crippen LogP contribution in [0.1, 0.15) is 6.42 Å². The molecule has 124 valence electrons. The normalized spacial score (nSPS) is 13.4. The first-order chi connectivity index (χ1) is 11.1. The molecule has 0 radical (unpaired) electrons. The number of ether oxygens (including phenoxy) is 1. The summed E-state index contributed by atoms with van der Waals surface area (Å²) < 4.78 is 5.50. The first-order valence-electron chi connectivity index (χ1n) is 7.37. The Morgan fingerprint density at radius 2 is 1.70 bits per heavy atom. The maximum atomic E-state index is 10.1. The van der Waals surface area contributed by atoms with E-state index in [1.165, 1.54) is 0 Å². The van der Waals surface area contributed by atoms with E-state index < -0.39 is 12.1 Å². The van der Waals surface area contributed by atoms with Crippen LogP contribution in [0.15, 0.2) is 48.5 Å². The molecule has 0 fully saturated rings. The molecule has 2 aromatic rings. The Morgan fingerprint density at radius 1 is 1.04 bits per heavy atom. The van der Waals surface area contributed by atoms with Gasteiger partial charge in [0, 0.05) is 12.6 Å². The lowest BCUT2D eigenvalue weighted by Crippen LogP contribution is -2.40. The third-order valence-electron chi connectivity index (χ3n) is 3.40. The minimum absolute atomic E-state index is 0.151. The van der Waals surface area contributed by atoms with E-state index in [4.69, 9.17) is 33.7 Å². The highest BCUT2D eigenvalue weighted by molar-refractivity contribution is 6.39. The van der Waals surface area contributed by atoms with Gasteiger partial charge in [-0.25, -0.2) is 0 Å². The number of nitrogens with two attached hydrogens (primary N) is 1. The number of para-hydroxylation sites is 2. The van der Waals surface area contributed by atoms with Crippen molar-refractivity contribution in [1.29, 1.82) is 0 Å². The molecule has 0 bridgehead atoms. The quantitative estimate of drug-likeness (QED) is 0.677. The smallest absolute Gasteiger partial charge is 0.119 e. The number of aliphatic hydroxyl groups excluding tert-OH is 1. The Hall–Kier alpha value is -1.46. The molecule has 2 atom stereocenters. The fourth-order valence-corrected chi connectivity index (χ4v) is 2.58. The zero-order chi connectivity index (χ0) is 16.7. The van der Waals surface area contributed by atoms with Crippen LogP contribution in [-0.4, -0.2) is 30.4 Å². The van der Waals surface area contributed by atoms with Crippen molar-refractivity contribution in [3.05, 3.63) is 58.6 Å². The summed E-state index contributed by atoms with van der Waals surface area (Å²) in [5.74, 6) is 0.708. The van der Waals surface area contributed by atoms with Gasteiger partial charge in [0.1, 0.15) is 18.5 Å². The van der Waals surface area contributed by atoms with E-state index in [-0.39, 0.29) is 6.61 Å². The van der Waals surface area contributed by atoms with Gasteiger partial charge in [-0.1, -0.05) is 47.5 Å². The summed E-state index contributed by atoms with van der Waals surface area (Å²) in [5.41, 5.74) is 6.66. The van der Waals surface area contributed by atoms with Gasteiger partial charge in [0.05, 0.1) is 15.7 Å². The first-order valence-corrected chi connectivity index (χ1v) is 8.13. The maximum absolute atomic E-state index is 10.1. The van der Waals surface area contributed by atoms with Crippen LogP contribution < -0.4 is 15.8 Å². The monoisotopic (exact) mass is 354 g/mol. The molecule has 0 aliphatic carbocycles. The first kappa shape index (κ1) is 17.9. The number of anilines is 1. The van der Waals surface area contributed by atoms with Crippen LogP contribution in [0.2, 0.25) is 10.0 Å². The average Bonchev–Trinajstić information content (AvgIpc) is 2.56. The van der Waals surface area contributed by atoms with Gasteiger partial charge < -0.3 is 20.9 Å². The van der Waals surface area contributed by atoms with E-state index in [1.54, 1.807) is 18.2 Å². The number of hydrogen-bond acceptors (Lipinski definition) is 4. The second-order valence-corrected chi connectivity index (χ2v) is 5.98. The number of benzene rings is 2. The SMILES string of the molecule is NC(CCNc1c(Cl)cccc1Cl)C(O)COc1ccccc1. The molecular formula is C17H20Cl2N2O2. The summed E-state index contributed by atoms with van der Waals surface area (Å²) in [6.07, 6.45) is -0.195. The van der Waals surface area contributed by atoms with Crippen molar-refractivity contribution in [1.82, 2.24) is 0 Å². The third kappa shape index (κ3) is 5.59. The van der Waals surface area contributed by atoms with Crippen molar-refractivity contribution in [2.45, 2.75) is 18.6 Å². The van der Waals surface area contributed by atoms with Gasteiger partial charge in [0.25, 0.3) is 0 Å². The predicted octanol–water partition coefficient (Wildman–Crippen LogP) is 3.56. The molecule has 2 rings (SSSR count). The van der Waals surface area contributed by atoms with Crippen molar-refractivity contribution in [2.75, 3.05) is 18.5 Å². The van der Waals surface area contributed by atoms with Crippen LogP contribution in [0.3, 0.4) is 0 Å². The van der Waals surface area contributed by atoms with E-state index >= 15 is 0 Å². The van der Waals surface area contributed by atoms with Crippen LogP contribution in [0.25, 0.3) is 0 Å². The van der Waals surface area contributed by atoms with E-state index in [2.05, 4.69) is 5.32 Å². The molecule has 0 heterocycles. The Balaban J connectivity index is 1.74.